The summed E-state index contributed by atoms with van der Waals surface area (Å²) in [5, 5.41) is 5.80. The van der Waals surface area contributed by atoms with Crippen LogP contribution < -0.4 is 10.6 Å². The number of unbranched alkanes of at least 4 members (excludes halogenated alkanes) is 2. The van der Waals surface area contributed by atoms with E-state index >= 15 is 0 Å². The molecule has 1 aliphatic rings. The van der Waals surface area contributed by atoms with Crippen LogP contribution in [0.15, 0.2) is 60.7 Å². The van der Waals surface area contributed by atoms with Crippen molar-refractivity contribution >= 4 is 17.8 Å². The normalized spacial score (nSPS) is 19.2. The van der Waals surface area contributed by atoms with Crippen LogP contribution in [-0.4, -0.2) is 35.3 Å². The Morgan fingerprint density at radius 1 is 1.03 bits per heavy atom. The zero-order valence-electron chi connectivity index (χ0n) is 18.3. The lowest BCUT2D eigenvalue weighted by Crippen LogP contribution is -2.47. The summed E-state index contributed by atoms with van der Waals surface area (Å²) in [6.45, 7) is 3.80. The van der Waals surface area contributed by atoms with Gasteiger partial charge in [0, 0.05) is 12.5 Å². The molecule has 164 valence electrons. The lowest BCUT2D eigenvalue weighted by molar-refractivity contribution is -0.135. The first-order valence-corrected chi connectivity index (χ1v) is 11.0. The van der Waals surface area contributed by atoms with Gasteiger partial charge in [-0.05, 0) is 24.5 Å². The smallest absolute Gasteiger partial charge is 0.325 e. The predicted molar refractivity (Wildman–Crippen MR) is 120 cm³/mol. The largest absolute Gasteiger partial charge is 0.352 e. The summed E-state index contributed by atoms with van der Waals surface area (Å²) in [6.07, 6.45) is 4.46. The zero-order chi connectivity index (χ0) is 22.3. The summed E-state index contributed by atoms with van der Waals surface area (Å²) in [4.78, 5) is 39.9. The maximum atomic E-state index is 13.5. The Kier molecular flexibility index (Phi) is 7.45. The number of imide groups is 1. The summed E-state index contributed by atoms with van der Waals surface area (Å²) in [7, 11) is 0. The molecule has 1 saturated heterocycles. The molecule has 1 heterocycles. The molecular weight excluding hydrogens is 390 g/mol. The van der Waals surface area contributed by atoms with E-state index in [1.165, 1.54) is 0 Å². The zero-order valence-corrected chi connectivity index (χ0v) is 18.3. The molecule has 2 N–H and O–H groups in total. The van der Waals surface area contributed by atoms with Crippen molar-refractivity contribution in [1.82, 2.24) is 15.5 Å². The van der Waals surface area contributed by atoms with Gasteiger partial charge in [-0.1, -0.05) is 86.8 Å². The van der Waals surface area contributed by atoms with Gasteiger partial charge in [-0.2, -0.15) is 0 Å². The third-order valence-corrected chi connectivity index (χ3v) is 5.70. The third kappa shape index (κ3) is 5.32. The number of rotatable bonds is 10. The number of hydrogen-bond donors (Lipinski definition) is 2. The summed E-state index contributed by atoms with van der Waals surface area (Å²) in [5.74, 6) is -0.725. The van der Waals surface area contributed by atoms with Crippen LogP contribution in [0.5, 0.6) is 0 Å². The molecule has 3 rings (SSSR count). The van der Waals surface area contributed by atoms with Gasteiger partial charge in [-0.25, -0.2) is 4.79 Å². The van der Waals surface area contributed by atoms with E-state index in [1.807, 2.05) is 67.6 Å². The number of nitrogens with one attached hydrogen (secondary N) is 2. The Labute approximate surface area is 184 Å². The fourth-order valence-electron chi connectivity index (χ4n) is 4.05. The van der Waals surface area contributed by atoms with Crippen molar-refractivity contribution in [1.29, 1.82) is 0 Å². The van der Waals surface area contributed by atoms with Crippen LogP contribution in [-0.2, 0) is 21.5 Å². The Hall–Kier alpha value is -3.15. The Bertz CT molecular complexity index is 901. The molecule has 0 unspecified atom stereocenters. The number of nitrogens with zero attached hydrogens (tertiary/aromatic N) is 1. The van der Waals surface area contributed by atoms with Gasteiger partial charge in [-0.15, -0.1) is 0 Å². The number of carbonyl (C=O) groups is 3. The van der Waals surface area contributed by atoms with E-state index < -0.39 is 17.5 Å². The second kappa shape index (κ2) is 10.2. The van der Waals surface area contributed by atoms with Crippen LogP contribution in [0.25, 0.3) is 0 Å². The molecule has 1 aliphatic heterocycles. The fourth-order valence-corrected chi connectivity index (χ4v) is 4.05. The Morgan fingerprint density at radius 2 is 1.68 bits per heavy atom. The molecule has 2 atom stereocenters. The minimum Gasteiger partial charge on any atom is -0.352 e. The molecule has 6 nitrogen and oxygen atoms in total. The van der Waals surface area contributed by atoms with Gasteiger partial charge in [0.05, 0.1) is 0 Å². The maximum Gasteiger partial charge on any atom is 0.325 e. The number of hydrogen-bond acceptors (Lipinski definition) is 3. The molecule has 0 saturated carbocycles. The molecule has 31 heavy (non-hydrogen) atoms. The Balaban J connectivity index is 1.78. The van der Waals surface area contributed by atoms with Crippen LogP contribution in [0.4, 0.5) is 4.79 Å². The van der Waals surface area contributed by atoms with Gasteiger partial charge < -0.3 is 10.6 Å². The molecule has 0 aliphatic carbocycles. The highest BCUT2D eigenvalue weighted by Crippen LogP contribution is 2.32. The number of carbonyl (C=O) groups excluding carboxylic acids is 3. The average molecular weight is 422 g/mol. The van der Waals surface area contributed by atoms with Crippen molar-refractivity contribution in [2.24, 2.45) is 0 Å². The summed E-state index contributed by atoms with van der Waals surface area (Å²) in [5.41, 5.74) is 0.399. The highest BCUT2D eigenvalue weighted by Gasteiger charge is 2.52. The summed E-state index contributed by atoms with van der Waals surface area (Å²) < 4.78 is 0. The molecule has 6 heteroatoms. The number of urea groups is 1. The molecule has 2 aromatic carbocycles. The van der Waals surface area contributed by atoms with Crippen molar-refractivity contribution < 1.29 is 14.4 Å². The standard InChI is InChI=1S/C25H31N3O3/c1-3-4-7-12-19(2)26-22(29)18-28-23(30)25(27-24(28)31,21-15-10-6-11-16-21)17-20-13-8-5-9-14-20/h5-6,8-11,13-16,19H,3-4,7,12,17-18H2,1-2H3,(H,26,29)(H,27,31)/t19-,25-/m0/s1. The molecule has 0 bridgehead atoms. The maximum absolute atomic E-state index is 13.5. The van der Waals surface area contributed by atoms with Gasteiger partial charge in [0.15, 0.2) is 5.54 Å². The van der Waals surface area contributed by atoms with Gasteiger partial charge in [-0.3, -0.25) is 14.5 Å². The van der Waals surface area contributed by atoms with Crippen molar-refractivity contribution in [3.8, 4) is 0 Å². The first kappa shape index (κ1) is 22.5. The average Bonchev–Trinajstić information content (AvgIpc) is 3.00. The number of amides is 4. The van der Waals surface area contributed by atoms with Crippen LogP contribution in [0.1, 0.15) is 50.7 Å². The van der Waals surface area contributed by atoms with Gasteiger partial charge >= 0.3 is 6.03 Å². The molecule has 1 fully saturated rings. The molecule has 2 aromatic rings. The monoisotopic (exact) mass is 421 g/mol. The quantitative estimate of drug-likeness (QED) is 0.453. The van der Waals surface area contributed by atoms with Crippen molar-refractivity contribution in [2.45, 2.75) is 57.5 Å². The number of benzene rings is 2. The molecule has 0 aromatic heterocycles. The van der Waals surface area contributed by atoms with Crippen molar-refractivity contribution in [3.63, 3.8) is 0 Å². The Morgan fingerprint density at radius 3 is 2.32 bits per heavy atom. The minimum atomic E-state index is -1.23. The second-order valence-corrected chi connectivity index (χ2v) is 8.22. The summed E-state index contributed by atoms with van der Waals surface area (Å²) in [6, 6.07) is 18.3. The predicted octanol–water partition coefficient (Wildman–Crippen LogP) is 3.76. The van der Waals surface area contributed by atoms with E-state index in [2.05, 4.69) is 17.6 Å². The van der Waals surface area contributed by atoms with E-state index in [0.717, 1.165) is 36.1 Å². The van der Waals surface area contributed by atoms with Crippen LogP contribution in [0.2, 0.25) is 0 Å². The van der Waals surface area contributed by atoms with E-state index in [0.29, 0.717) is 12.0 Å². The van der Waals surface area contributed by atoms with Crippen LogP contribution in [0, 0.1) is 0 Å². The van der Waals surface area contributed by atoms with Gasteiger partial charge in [0.1, 0.15) is 6.54 Å². The second-order valence-electron chi connectivity index (χ2n) is 8.22. The van der Waals surface area contributed by atoms with E-state index in [-0.39, 0.29) is 18.5 Å². The fraction of sp³-hybridized carbons (Fsp3) is 0.400. The van der Waals surface area contributed by atoms with Gasteiger partial charge in [0.2, 0.25) is 5.91 Å². The van der Waals surface area contributed by atoms with Crippen LogP contribution >= 0.6 is 0 Å². The molecular formula is C25H31N3O3. The van der Waals surface area contributed by atoms with E-state index in [1.54, 1.807) is 0 Å². The topological polar surface area (TPSA) is 78.5 Å². The molecule has 0 radical (unpaired) electrons. The first-order chi connectivity index (χ1) is 15.0. The summed E-state index contributed by atoms with van der Waals surface area (Å²) >= 11 is 0. The molecule has 0 spiro atoms. The highest BCUT2D eigenvalue weighted by atomic mass is 16.2. The van der Waals surface area contributed by atoms with E-state index in [9.17, 15) is 14.4 Å². The van der Waals surface area contributed by atoms with Crippen LogP contribution in [0.3, 0.4) is 0 Å². The lowest BCUT2D eigenvalue weighted by Gasteiger charge is -2.27. The van der Waals surface area contributed by atoms with Gasteiger partial charge in [0.25, 0.3) is 5.91 Å². The van der Waals surface area contributed by atoms with Crippen molar-refractivity contribution in [3.05, 3.63) is 71.8 Å². The van der Waals surface area contributed by atoms with Crippen molar-refractivity contribution in [2.75, 3.05) is 6.54 Å². The highest BCUT2D eigenvalue weighted by molar-refractivity contribution is 6.09. The third-order valence-electron chi connectivity index (χ3n) is 5.70. The lowest BCUT2D eigenvalue weighted by atomic mass is 9.83. The first-order valence-electron chi connectivity index (χ1n) is 11.0. The SMILES string of the molecule is CCCCC[C@H](C)NC(=O)CN1C(=O)N[C@@](Cc2ccccc2)(c2ccccc2)C1=O. The minimum absolute atomic E-state index is 0.00279. The van der Waals surface area contributed by atoms with E-state index in [4.69, 9.17) is 0 Å². The molecule has 4 amide bonds.